The first-order chi connectivity index (χ1) is 18.8. The number of hydrogen-bond acceptors (Lipinski definition) is 4. The largest absolute Gasteiger partial charge is 0.342 e. The average molecular weight is 528 g/mol. The fraction of sp³-hybridized carbons (Fsp3) is 0.484. The van der Waals surface area contributed by atoms with Crippen LogP contribution < -0.4 is 15.8 Å². The maximum Gasteiger partial charge on any atom is 0.338 e. The Hall–Kier alpha value is -3.68. The summed E-state index contributed by atoms with van der Waals surface area (Å²) in [6, 6.07) is 11.7. The highest BCUT2D eigenvalue weighted by Gasteiger charge is 2.66. The van der Waals surface area contributed by atoms with Crippen LogP contribution >= 0.6 is 0 Å². The van der Waals surface area contributed by atoms with Gasteiger partial charge in [-0.3, -0.25) is 14.6 Å². The first kappa shape index (κ1) is 25.6. The van der Waals surface area contributed by atoms with E-state index in [9.17, 15) is 14.4 Å². The summed E-state index contributed by atoms with van der Waals surface area (Å²) in [5, 5.41) is 4.16. The van der Waals surface area contributed by atoms with Gasteiger partial charge in [0.15, 0.2) is 0 Å². The Morgan fingerprint density at radius 1 is 1.00 bits per heavy atom. The van der Waals surface area contributed by atoms with Crippen molar-refractivity contribution in [3.8, 4) is 0 Å². The lowest BCUT2D eigenvalue weighted by Crippen LogP contribution is -2.56. The van der Waals surface area contributed by atoms with E-state index >= 15 is 0 Å². The number of benzodiazepines with no additional fused rings is 1. The number of hydrogen-bond donors (Lipinski definition) is 2. The van der Waals surface area contributed by atoms with Gasteiger partial charge in [-0.15, -0.1) is 0 Å². The maximum atomic E-state index is 14.3. The number of anilines is 2. The number of aliphatic imine (C=N–C) groups is 1. The fourth-order valence-corrected chi connectivity index (χ4v) is 6.99. The van der Waals surface area contributed by atoms with Crippen LogP contribution in [0.5, 0.6) is 0 Å². The molecule has 8 nitrogen and oxygen atoms in total. The van der Waals surface area contributed by atoms with E-state index in [2.05, 4.69) is 10.7 Å². The van der Waals surface area contributed by atoms with E-state index < -0.39 is 17.5 Å². The molecule has 2 N–H and O–H groups in total. The Bertz CT molecular complexity index is 1330. The lowest BCUT2D eigenvalue weighted by Gasteiger charge is -2.33. The van der Waals surface area contributed by atoms with E-state index in [1.165, 1.54) is 30.7 Å². The van der Waals surface area contributed by atoms with Crippen LogP contribution in [-0.4, -0.2) is 48.1 Å². The van der Waals surface area contributed by atoms with Crippen LogP contribution in [-0.2, 0) is 9.59 Å². The summed E-state index contributed by atoms with van der Waals surface area (Å²) in [6.45, 7) is 7.44. The number of amides is 4. The van der Waals surface area contributed by atoms with Crippen LogP contribution in [0.25, 0.3) is 0 Å². The zero-order valence-corrected chi connectivity index (χ0v) is 22.9. The third-order valence-electron chi connectivity index (χ3n) is 9.26. The standard InChI is InChI=1S/C31H37N5O3/c1-19-6-4-9-25(14-19)33-30(39)34-36-26-20(2)7-5-8-24(26)16-32-27(28(36)37)31(15-21(31)3)29(38)35-17-22-10-11-23(18-35)13-12-22/h4-9,14,16,21-23,27H,10-13,15,17-18H2,1-3H3,(H2,33,34,39). The van der Waals surface area contributed by atoms with Crippen molar-refractivity contribution >= 4 is 35.4 Å². The number of benzene rings is 2. The Labute approximate surface area is 229 Å². The number of aryl methyl sites for hydroxylation is 2. The molecule has 3 unspecified atom stereocenters. The molecule has 2 aromatic rings. The first-order valence-electron chi connectivity index (χ1n) is 14.2. The van der Waals surface area contributed by atoms with Gasteiger partial charge >= 0.3 is 6.03 Å². The molecule has 0 spiro atoms. The predicted molar refractivity (Wildman–Crippen MR) is 152 cm³/mol. The molecule has 2 aliphatic carbocycles. The summed E-state index contributed by atoms with van der Waals surface area (Å²) < 4.78 is 0. The van der Waals surface area contributed by atoms with E-state index in [1.807, 2.05) is 62.1 Å². The number of fused-ring (bicyclic) bond motifs is 5. The van der Waals surface area contributed by atoms with Crippen LogP contribution in [0.3, 0.4) is 0 Å². The van der Waals surface area contributed by atoms with Gasteiger partial charge in [-0.1, -0.05) is 37.3 Å². The second-order valence-corrected chi connectivity index (χ2v) is 12.0. The quantitative estimate of drug-likeness (QED) is 0.595. The van der Waals surface area contributed by atoms with E-state index in [-0.39, 0.29) is 17.7 Å². The number of nitrogens with one attached hydrogen (secondary N) is 2. The molecule has 5 aliphatic rings. The molecule has 204 valence electrons. The van der Waals surface area contributed by atoms with Gasteiger partial charge in [0.05, 0.1) is 11.1 Å². The summed E-state index contributed by atoms with van der Waals surface area (Å²) in [5.74, 6) is 0.790. The van der Waals surface area contributed by atoms with Crippen LogP contribution in [0.2, 0.25) is 0 Å². The maximum absolute atomic E-state index is 14.3. The van der Waals surface area contributed by atoms with Crippen molar-refractivity contribution in [3.05, 3.63) is 59.2 Å². The molecule has 3 atom stereocenters. The first-order valence-corrected chi connectivity index (χ1v) is 14.2. The number of hydrazine groups is 1. The summed E-state index contributed by atoms with van der Waals surface area (Å²) in [5.41, 5.74) is 5.69. The molecule has 4 amide bonds. The van der Waals surface area contributed by atoms with Gasteiger partial charge in [0.1, 0.15) is 6.04 Å². The molecule has 3 heterocycles. The van der Waals surface area contributed by atoms with Crippen LogP contribution in [0.4, 0.5) is 16.2 Å². The van der Waals surface area contributed by atoms with Gasteiger partial charge in [0.25, 0.3) is 5.91 Å². The third kappa shape index (κ3) is 4.60. The number of urea groups is 1. The fourth-order valence-electron chi connectivity index (χ4n) is 6.99. The second-order valence-electron chi connectivity index (χ2n) is 12.0. The van der Waals surface area contributed by atoms with Crippen molar-refractivity contribution in [2.45, 2.75) is 58.9 Å². The van der Waals surface area contributed by atoms with E-state index in [4.69, 9.17) is 4.99 Å². The highest BCUT2D eigenvalue weighted by Crippen LogP contribution is 2.58. The van der Waals surface area contributed by atoms with Crippen molar-refractivity contribution in [1.82, 2.24) is 10.3 Å². The summed E-state index contributed by atoms with van der Waals surface area (Å²) in [7, 11) is 0. The molecule has 4 fully saturated rings. The zero-order chi connectivity index (χ0) is 27.3. The number of para-hydroxylation sites is 1. The van der Waals surface area contributed by atoms with E-state index in [0.717, 1.165) is 29.8 Å². The van der Waals surface area contributed by atoms with Gasteiger partial charge in [-0.25, -0.2) is 15.2 Å². The third-order valence-corrected chi connectivity index (χ3v) is 9.26. The Morgan fingerprint density at radius 3 is 2.31 bits per heavy atom. The lowest BCUT2D eigenvalue weighted by molar-refractivity contribution is -0.141. The monoisotopic (exact) mass is 527 g/mol. The number of nitrogens with zero attached hydrogens (tertiary/aromatic N) is 3. The van der Waals surface area contributed by atoms with E-state index in [0.29, 0.717) is 29.6 Å². The van der Waals surface area contributed by atoms with Crippen LogP contribution in [0, 0.1) is 37.0 Å². The minimum absolute atomic E-state index is 0.0299. The molecule has 7 rings (SSSR count). The normalized spacial score (nSPS) is 29.4. The number of carbonyl (C=O) groups is 3. The topological polar surface area (TPSA) is 94.1 Å². The molecule has 2 saturated carbocycles. The van der Waals surface area contributed by atoms with Crippen LogP contribution in [0.1, 0.15) is 55.7 Å². The summed E-state index contributed by atoms with van der Waals surface area (Å²) >= 11 is 0. The second kappa shape index (κ2) is 9.81. The van der Waals surface area contributed by atoms with Gasteiger partial charge in [0, 0.05) is 30.6 Å². The summed E-state index contributed by atoms with van der Waals surface area (Å²) in [4.78, 5) is 48.6. The Morgan fingerprint density at radius 2 is 1.67 bits per heavy atom. The molecule has 2 bridgehead atoms. The Balaban J connectivity index is 1.32. The molecule has 2 saturated heterocycles. The molecular weight excluding hydrogens is 490 g/mol. The minimum Gasteiger partial charge on any atom is -0.342 e. The lowest BCUT2D eigenvalue weighted by atomic mass is 9.84. The van der Waals surface area contributed by atoms with E-state index in [1.54, 1.807) is 12.3 Å². The molecule has 0 radical (unpaired) electrons. The summed E-state index contributed by atoms with van der Waals surface area (Å²) in [6.07, 6.45) is 7.04. The Kier molecular flexibility index (Phi) is 6.44. The highest BCUT2D eigenvalue weighted by molar-refractivity contribution is 6.10. The van der Waals surface area contributed by atoms with Gasteiger partial charge in [-0.2, -0.15) is 0 Å². The SMILES string of the molecule is Cc1cccc(NC(=O)NN2C(=O)C(C3(C(=O)N4CC5CCC(CC5)C4)CC3C)N=Cc3cccc(C)c32)c1. The highest BCUT2D eigenvalue weighted by atomic mass is 16.2. The molecule has 2 aromatic carbocycles. The van der Waals surface area contributed by atoms with Crippen molar-refractivity contribution in [2.24, 2.45) is 28.2 Å². The van der Waals surface area contributed by atoms with Gasteiger partial charge in [0.2, 0.25) is 5.91 Å². The minimum atomic E-state index is -0.910. The predicted octanol–water partition coefficient (Wildman–Crippen LogP) is 4.85. The van der Waals surface area contributed by atoms with Gasteiger partial charge < -0.3 is 10.2 Å². The van der Waals surface area contributed by atoms with Crippen molar-refractivity contribution in [3.63, 3.8) is 0 Å². The van der Waals surface area contributed by atoms with Crippen molar-refractivity contribution < 1.29 is 14.4 Å². The molecule has 8 heteroatoms. The number of rotatable bonds is 4. The van der Waals surface area contributed by atoms with Crippen LogP contribution in [0.15, 0.2) is 47.5 Å². The number of carbonyl (C=O) groups excluding carboxylic acids is 3. The molecular formula is C31H37N5O3. The van der Waals surface area contributed by atoms with Crippen molar-refractivity contribution in [1.29, 1.82) is 0 Å². The smallest absolute Gasteiger partial charge is 0.338 e. The average Bonchev–Trinajstić information content (AvgIpc) is 3.68. The zero-order valence-electron chi connectivity index (χ0n) is 22.9. The van der Waals surface area contributed by atoms with Gasteiger partial charge in [-0.05, 0) is 87.0 Å². The molecule has 3 aliphatic heterocycles. The molecule has 39 heavy (non-hydrogen) atoms. The molecule has 0 aromatic heterocycles. The van der Waals surface area contributed by atoms with Crippen molar-refractivity contribution in [2.75, 3.05) is 23.4 Å².